The topological polar surface area (TPSA) is 50.7 Å². The first-order valence-electron chi connectivity index (χ1n) is 4.64. The highest BCUT2D eigenvalue weighted by Gasteiger charge is 2.06. The van der Waals surface area contributed by atoms with E-state index in [9.17, 15) is 9.18 Å². The summed E-state index contributed by atoms with van der Waals surface area (Å²) in [5, 5.41) is 2.52. The molecule has 1 heterocycles. The number of hydrogen-bond acceptors (Lipinski definition) is 2. The molecule has 0 amide bonds. The van der Waals surface area contributed by atoms with E-state index in [1.54, 1.807) is 12.1 Å². The predicted molar refractivity (Wildman–Crippen MR) is 53.5 cm³/mol. The van der Waals surface area contributed by atoms with Crippen molar-refractivity contribution in [3.05, 3.63) is 46.4 Å². The van der Waals surface area contributed by atoms with Gasteiger partial charge >= 0.3 is 5.69 Å². The van der Waals surface area contributed by atoms with E-state index in [0.29, 0.717) is 17.9 Å². The average molecular weight is 207 g/mol. The van der Waals surface area contributed by atoms with Crippen LogP contribution in [-0.2, 0) is 6.42 Å². The van der Waals surface area contributed by atoms with Crippen LogP contribution >= 0.6 is 0 Å². The molecule has 5 heteroatoms. The molecule has 0 spiro atoms. The number of rotatable bonds is 2. The summed E-state index contributed by atoms with van der Waals surface area (Å²) in [7, 11) is 0. The van der Waals surface area contributed by atoms with Gasteiger partial charge in [-0.3, -0.25) is 0 Å². The predicted octanol–water partition coefficient (Wildman–Crippen LogP) is 1.26. The van der Waals surface area contributed by atoms with Crippen LogP contribution in [0.5, 0.6) is 0 Å². The van der Waals surface area contributed by atoms with Crippen LogP contribution in [0.2, 0.25) is 0 Å². The Balaban J connectivity index is 2.57. The van der Waals surface area contributed by atoms with Crippen LogP contribution in [-0.4, -0.2) is 14.8 Å². The Bertz CT molecular complexity index is 529. The quantitative estimate of drug-likeness (QED) is 0.806. The van der Waals surface area contributed by atoms with Gasteiger partial charge in [-0.2, -0.15) is 4.98 Å². The van der Waals surface area contributed by atoms with E-state index in [0.717, 1.165) is 0 Å². The van der Waals surface area contributed by atoms with Crippen molar-refractivity contribution < 1.29 is 4.39 Å². The van der Waals surface area contributed by atoms with E-state index in [-0.39, 0.29) is 5.82 Å². The van der Waals surface area contributed by atoms with Crippen molar-refractivity contribution in [1.82, 2.24) is 14.8 Å². The third kappa shape index (κ3) is 1.81. The Kier molecular flexibility index (Phi) is 2.37. The van der Waals surface area contributed by atoms with E-state index in [4.69, 9.17) is 0 Å². The van der Waals surface area contributed by atoms with Crippen molar-refractivity contribution in [3.8, 4) is 5.69 Å². The van der Waals surface area contributed by atoms with Crippen LogP contribution < -0.4 is 5.69 Å². The Morgan fingerprint density at radius 1 is 1.53 bits per heavy atom. The first kappa shape index (κ1) is 9.64. The number of nitrogens with zero attached hydrogens (tertiary/aromatic N) is 2. The highest BCUT2D eigenvalue weighted by molar-refractivity contribution is 5.31. The molecule has 0 fully saturated rings. The summed E-state index contributed by atoms with van der Waals surface area (Å²) >= 11 is 0. The minimum atomic E-state index is -0.420. The van der Waals surface area contributed by atoms with Gasteiger partial charge in [0.15, 0.2) is 0 Å². The number of aromatic amines is 1. The molecule has 15 heavy (non-hydrogen) atoms. The zero-order valence-corrected chi connectivity index (χ0v) is 8.20. The van der Waals surface area contributed by atoms with Crippen LogP contribution in [0.3, 0.4) is 0 Å². The van der Waals surface area contributed by atoms with Gasteiger partial charge in [-0.15, -0.1) is 0 Å². The average Bonchev–Trinajstić information content (AvgIpc) is 2.59. The van der Waals surface area contributed by atoms with Crippen molar-refractivity contribution in [3.63, 3.8) is 0 Å². The molecule has 0 saturated heterocycles. The fourth-order valence-corrected chi connectivity index (χ4v) is 1.42. The number of hydrogen-bond donors (Lipinski definition) is 1. The molecule has 0 atom stereocenters. The maximum atomic E-state index is 13.0. The molecule has 2 aromatic rings. The maximum absolute atomic E-state index is 13.0. The van der Waals surface area contributed by atoms with E-state index < -0.39 is 5.69 Å². The number of aryl methyl sites for hydroxylation is 1. The van der Waals surface area contributed by atoms with Gasteiger partial charge < -0.3 is 0 Å². The number of aromatic nitrogens is 3. The van der Waals surface area contributed by atoms with Crippen LogP contribution in [0.25, 0.3) is 5.69 Å². The first-order valence-corrected chi connectivity index (χ1v) is 4.64. The maximum Gasteiger partial charge on any atom is 0.361 e. The van der Waals surface area contributed by atoms with Gasteiger partial charge in [0.2, 0.25) is 0 Å². The zero-order chi connectivity index (χ0) is 10.8. The molecule has 78 valence electrons. The minimum absolute atomic E-state index is 0.343. The van der Waals surface area contributed by atoms with Gasteiger partial charge in [0.1, 0.15) is 11.6 Å². The molecular formula is C10H10FN3O. The van der Waals surface area contributed by atoms with Gasteiger partial charge in [0.25, 0.3) is 0 Å². The molecule has 0 unspecified atom stereocenters. The number of benzene rings is 1. The normalized spacial score (nSPS) is 10.5. The van der Waals surface area contributed by atoms with E-state index in [1.165, 1.54) is 16.8 Å². The molecular weight excluding hydrogens is 197 g/mol. The van der Waals surface area contributed by atoms with Crippen molar-refractivity contribution >= 4 is 0 Å². The summed E-state index contributed by atoms with van der Waals surface area (Å²) in [6.45, 7) is 1.88. The smallest absolute Gasteiger partial charge is 0.244 e. The summed E-state index contributed by atoms with van der Waals surface area (Å²) in [5.41, 5.74) is 0.151. The van der Waals surface area contributed by atoms with Crippen LogP contribution in [0, 0.1) is 5.82 Å². The highest BCUT2D eigenvalue weighted by atomic mass is 19.1. The fourth-order valence-electron chi connectivity index (χ4n) is 1.42. The van der Waals surface area contributed by atoms with Crippen molar-refractivity contribution in [2.24, 2.45) is 0 Å². The van der Waals surface area contributed by atoms with E-state index in [1.807, 2.05) is 6.92 Å². The summed E-state index contributed by atoms with van der Waals surface area (Å²) in [5.74, 6) is 0.245. The fraction of sp³-hybridized carbons (Fsp3) is 0.200. The third-order valence-electron chi connectivity index (χ3n) is 2.08. The van der Waals surface area contributed by atoms with Gasteiger partial charge in [-0.25, -0.2) is 19.0 Å². The molecule has 0 saturated carbocycles. The SMILES string of the molecule is CCc1nc(=O)[nH]n1-c1cccc(F)c1. The molecule has 0 aliphatic heterocycles. The lowest BCUT2D eigenvalue weighted by Crippen LogP contribution is -2.05. The lowest BCUT2D eigenvalue weighted by atomic mass is 10.3. The number of nitrogens with one attached hydrogen (secondary N) is 1. The Labute approximate surface area is 85.4 Å². The van der Waals surface area contributed by atoms with Gasteiger partial charge in [0.05, 0.1) is 5.69 Å². The first-order chi connectivity index (χ1) is 7.20. The number of halogens is 1. The largest absolute Gasteiger partial charge is 0.361 e. The molecule has 1 aromatic carbocycles. The standard InChI is InChI=1S/C10H10FN3O/c1-2-9-12-10(15)13-14(9)8-5-3-4-7(11)6-8/h3-6H,2H2,1H3,(H,13,15). The van der Waals surface area contributed by atoms with E-state index >= 15 is 0 Å². The second-order valence-electron chi connectivity index (χ2n) is 3.11. The second-order valence-corrected chi connectivity index (χ2v) is 3.11. The molecule has 0 radical (unpaired) electrons. The highest BCUT2D eigenvalue weighted by Crippen LogP contribution is 2.09. The molecule has 4 nitrogen and oxygen atoms in total. The lowest BCUT2D eigenvalue weighted by Gasteiger charge is -2.04. The monoisotopic (exact) mass is 207 g/mol. The van der Waals surface area contributed by atoms with Crippen LogP contribution in [0.4, 0.5) is 4.39 Å². The zero-order valence-electron chi connectivity index (χ0n) is 8.20. The van der Waals surface area contributed by atoms with Crippen LogP contribution in [0.1, 0.15) is 12.7 Å². The Morgan fingerprint density at radius 3 is 3.00 bits per heavy atom. The summed E-state index contributed by atoms with van der Waals surface area (Å²) < 4.78 is 14.5. The summed E-state index contributed by atoms with van der Waals surface area (Å²) in [6.07, 6.45) is 0.606. The van der Waals surface area contributed by atoms with Crippen molar-refractivity contribution in [1.29, 1.82) is 0 Å². The number of H-pyrrole nitrogens is 1. The van der Waals surface area contributed by atoms with Crippen LogP contribution in [0.15, 0.2) is 29.1 Å². The summed E-state index contributed by atoms with van der Waals surface area (Å²) in [6, 6.07) is 5.99. The Hall–Kier alpha value is -1.91. The third-order valence-corrected chi connectivity index (χ3v) is 2.08. The molecule has 0 bridgehead atoms. The molecule has 2 rings (SSSR count). The molecule has 1 N–H and O–H groups in total. The molecule has 0 aliphatic carbocycles. The van der Waals surface area contributed by atoms with Gasteiger partial charge in [0, 0.05) is 6.42 Å². The lowest BCUT2D eigenvalue weighted by molar-refractivity contribution is 0.624. The minimum Gasteiger partial charge on any atom is -0.244 e. The second kappa shape index (κ2) is 3.68. The molecule has 0 aliphatic rings. The van der Waals surface area contributed by atoms with Crippen molar-refractivity contribution in [2.75, 3.05) is 0 Å². The summed E-state index contributed by atoms with van der Waals surface area (Å²) in [4.78, 5) is 14.8. The Morgan fingerprint density at radius 2 is 2.33 bits per heavy atom. The van der Waals surface area contributed by atoms with Gasteiger partial charge in [-0.1, -0.05) is 13.0 Å². The van der Waals surface area contributed by atoms with Gasteiger partial charge in [-0.05, 0) is 18.2 Å². The van der Waals surface area contributed by atoms with Crippen molar-refractivity contribution in [2.45, 2.75) is 13.3 Å². The molecule has 1 aromatic heterocycles. The van der Waals surface area contributed by atoms with E-state index in [2.05, 4.69) is 10.1 Å².